The van der Waals surface area contributed by atoms with Crippen LogP contribution < -0.4 is 5.32 Å². The molecule has 2 aromatic carbocycles. The lowest BCUT2D eigenvalue weighted by Gasteiger charge is -2.18. The van der Waals surface area contributed by atoms with Crippen molar-refractivity contribution in [3.63, 3.8) is 0 Å². The molecular weight excluding hydrogens is 658 g/mol. The van der Waals surface area contributed by atoms with E-state index < -0.39 is 11.9 Å². The molecule has 4 aromatic rings. The van der Waals surface area contributed by atoms with E-state index in [1.165, 1.54) is 0 Å². The molecule has 11 heteroatoms. The SMILES string of the molecule is Cc1c(CC(=O)c2cc(C3CC3)c(CN(C)CC(=O)O)cn2)cccc1-c1cccc(NC(=O)c2cc(C3CC3)c(CN(C)CC(=O)O)cn2)c1C. The van der Waals surface area contributed by atoms with Crippen LogP contribution in [0.4, 0.5) is 5.69 Å². The van der Waals surface area contributed by atoms with Gasteiger partial charge in [-0.25, -0.2) is 0 Å². The van der Waals surface area contributed by atoms with E-state index in [2.05, 4.69) is 15.3 Å². The minimum Gasteiger partial charge on any atom is -0.480 e. The highest BCUT2D eigenvalue weighted by Gasteiger charge is 2.29. The van der Waals surface area contributed by atoms with E-state index in [-0.39, 0.29) is 31.2 Å². The van der Waals surface area contributed by atoms with Gasteiger partial charge in [0.05, 0.1) is 13.1 Å². The number of hydrogen-bond donors (Lipinski definition) is 3. The van der Waals surface area contributed by atoms with Crippen LogP contribution in [0.5, 0.6) is 0 Å². The van der Waals surface area contributed by atoms with Crippen molar-refractivity contribution in [2.75, 3.05) is 32.5 Å². The molecule has 270 valence electrons. The Morgan fingerprint density at radius 1 is 0.712 bits per heavy atom. The molecule has 2 aromatic heterocycles. The first-order chi connectivity index (χ1) is 24.9. The highest BCUT2D eigenvalue weighted by molar-refractivity contribution is 6.04. The number of rotatable bonds is 16. The van der Waals surface area contributed by atoms with Crippen molar-refractivity contribution in [2.24, 2.45) is 0 Å². The number of amides is 1. The maximum absolute atomic E-state index is 13.6. The lowest BCUT2D eigenvalue weighted by atomic mass is 9.90. The second-order valence-electron chi connectivity index (χ2n) is 14.3. The Bertz CT molecular complexity index is 1890. The maximum Gasteiger partial charge on any atom is 0.317 e. The number of pyridine rings is 2. The van der Waals surface area contributed by atoms with E-state index >= 15 is 0 Å². The van der Waals surface area contributed by atoms with Crippen molar-refractivity contribution in [3.05, 3.63) is 111 Å². The fourth-order valence-corrected chi connectivity index (χ4v) is 6.92. The second kappa shape index (κ2) is 15.5. The lowest BCUT2D eigenvalue weighted by molar-refractivity contribution is -0.139. The Morgan fingerprint density at radius 3 is 1.75 bits per heavy atom. The zero-order valence-electron chi connectivity index (χ0n) is 30.1. The Morgan fingerprint density at radius 2 is 1.21 bits per heavy atom. The van der Waals surface area contributed by atoms with Crippen LogP contribution in [0.15, 0.2) is 60.9 Å². The molecule has 0 radical (unpaired) electrons. The summed E-state index contributed by atoms with van der Waals surface area (Å²) in [4.78, 5) is 61.9. The molecule has 2 saturated carbocycles. The lowest BCUT2D eigenvalue weighted by Crippen LogP contribution is -2.26. The number of aliphatic carboxylic acids is 2. The van der Waals surface area contributed by atoms with Gasteiger partial charge in [-0.15, -0.1) is 0 Å². The Kier molecular flexibility index (Phi) is 10.9. The van der Waals surface area contributed by atoms with Gasteiger partial charge in [-0.05, 0) is 134 Å². The normalized spacial score (nSPS) is 14.1. The minimum atomic E-state index is -0.894. The predicted octanol–water partition coefficient (Wildman–Crippen LogP) is 6.23. The van der Waals surface area contributed by atoms with E-state index in [4.69, 9.17) is 10.2 Å². The number of carboxylic acids is 2. The second-order valence-corrected chi connectivity index (χ2v) is 14.3. The highest BCUT2D eigenvalue weighted by atomic mass is 16.4. The molecule has 11 nitrogen and oxygen atoms in total. The molecule has 2 fully saturated rings. The van der Waals surface area contributed by atoms with Crippen LogP contribution >= 0.6 is 0 Å². The largest absolute Gasteiger partial charge is 0.480 e. The van der Waals surface area contributed by atoms with Gasteiger partial charge in [-0.3, -0.25) is 38.9 Å². The number of carboxylic acid groups (broad SMARTS) is 2. The minimum absolute atomic E-state index is 0.0711. The molecule has 52 heavy (non-hydrogen) atoms. The first-order valence-electron chi connectivity index (χ1n) is 17.7. The average Bonchev–Trinajstić information content (AvgIpc) is 4.01. The summed E-state index contributed by atoms with van der Waals surface area (Å²) >= 11 is 0. The summed E-state index contributed by atoms with van der Waals surface area (Å²) in [5.41, 5.74) is 10.1. The van der Waals surface area contributed by atoms with Gasteiger partial charge in [0.2, 0.25) is 0 Å². The van der Waals surface area contributed by atoms with E-state index in [9.17, 15) is 19.2 Å². The van der Waals surface area contributed by atoms with Gasteiger partial charge in [0, 0.05) is 37.6 Å². The van der Waals surface area contributed by atoms with Crippen LogP contribution in [-0.4, -0.2) is 80.8 Å². The van der Waals surface area contributed by atoms with Crippen LogP contribution in [0.25, 0.3) is 11.1 Å². The third kappa shape index (κ3) is 8.78. The monoisotopic (exact) mass is 703 g/mol. The van der Waals surface area contributed by atoms with Gasteiger partial charge in [0.1, 0.15) is 11.4 Å². The Balaban J connectivity index is 1.18. The van der Waals surface area contributed by atoms with Crippen LogP contribution in [0.1, 0.15) is 97.4 Å². The zero-order valence-corrected chi connectivity index (χ0v) is 30.1. The summed E-state index contributed by atoms with van der Waals surface area (Å²) in [5, 5.41) is 21.4. The van der Waals surface area contributed by atoms with Crippen LogP contribution in [0.3, 0.4) is 0 Å². The number of benzene rings is 2. The van der Waals surface area contributed by atoms with E-state index in [1.54, 1.807) is 36.3 Å². The fourth-order valence-electron chi connectivity index (χ4n) is 6.92. The molecule has 3 N–H and O–H groups in total. The number of ketones is 1. The Labute approximate surface area is 303 Å². The molecule has 0 unspecified atom stereocenters. The number of carbonyl (C=O) groups is 4. The first kappa shape index (κ1) is 36.5. The molecule has 0 atom stereocenters. The van der Waals surface area contributed by atoms with Gasteiger partial charge in [-0.1, -0.05) is 30.3 Å². The van der Waals surface area contributed by atoms with Crippen LogP contribution in [-0.2, 0) is 29.1 Å². The summed E-state index contributed by atoms with van der Waals surface area (Å²) in [7, 11) is 3.52. The summed E-state index contributed by atoms with van der Waals surface area (Å²) in [6.07, 6.45) is 7.76. The number of nitrogens with zero attached hydrogens (tertiary/aromatic N) is 4. The summed E-state index contributed by atoms with van der Waals surface area (Å²) in [5.74, 6) is -1.46. The molecule has 1 amide bonds. The zero-order chi connectivity index (χ0) is 37.1. The molecule has 2 aliphatic carbocycles. The third-order valence-corrected chi connectivity index (χ3v) is 9.96. The number of aromatic nitrogens is 2. The van der Waals surface area contributed by atoms with Crippen molar-refractivity contribution in [2.45, 2.75) is 70.9 Å². The summed E-state index contributed by atoms with van der Waals surface area (Å²) < 4.78 is 0. The van der Waals surface area contributed by atoms with Crippen molar-refractivity contribution in [1.82, 2.24) is 19.8 Å². The maximum atomic E-state index is 13.6. The molecule has 6 rings (SSSR count). The van der Waals surface area contributed by atoms with E-state index in [1.807, 2.05) is 62.4 Å². The predicted molar refractivity (Wildman–Crippen MR) is 198 cm³/mol. The van der Waals surface area contributed by atoms with Crippen molar-refractivity contribution < 1.29 is 29.4 Å². The molecule has 2 aliphatic rings. The van der Waals surface area contributed by atoms with Crippen LogP contribution in [0.2, 0.25) is 0 Å². The van der Waals surface area contributed by atoms with Crippen molar-refractivity contribution in [1.29, 1.82) is 0 Å². The Hall–Kier alpha value is -5.26. The third-order valence-electron chi connectivity index (χ3n) is 9.96. The van der Waals surface area contributed by atoms with E-state index in [0.717, 1.165) is 75.8 Å². The molecule has 0 bridgehead atoms. The number of anilines is 1. The fraction of sp³-hybridized carbons (Fsp3) is 0.366. The first-order valence-corrected chi connectivity index (χ1v) is 17.7. The number of nitrogens with one attached hydrogen (secondary N) is 1. The van der Waals surface area contributed by atoms with Gasteiger partial charge in [0.25, 0.3) is 5.91 Å². The average molecular weight is 704 g/mol. The smallest absolute Gasteiger partial charge is 0.317 e. The molecule has 0 saturated heterocycles. The highest BCUT2D eigenvalue weighted by Crippen LogP contribution is 2.43. The van der Waals surface area contributed by atoms with Crippen LogP contribution in [0, 0.1) is 13.8 Å². The number of hydrogen-bond acceptors (Lipinski definition) is 8. The summed E-state index contributed by atoms with van der Waals surface area (Å²) in [6.45, 7) is 4.72. The number of Topliss-reactive ketones (excluding diaryl/α,β-unsaturated/α-hetero) is 1. The molecule has 0 spiro atoms. The van der Waals surface area contributed by atoms with E-state index in [0.29, 0.717) is 42.0 Å². The van der Waals surface area contributed by atoms with Gasteiger partial charge >= 0.3 is 11.9 Å². The molecular formula is C41H45N5O6. The number of likely N-dealkylation sites (N-methyl/N-ethyl adjacent to an activating group) is 2. The topological polar surface area (TPSA) is 153 Å². The summed E-state index contributed by atoms with van der Waals surface area (Å²) in [6, 6.07) is 15.4. The quantitative estimate of drug-likeness (QED) is 0.115. The van der Waals surface area contributed by atoms with Gasteiger partial charge < -0.3 is 15.5 Å². The molecule has 2 heterocycles. The van der Waals surface area contributed by atoms with Gasteiger partial charge in [0.15, 0.2) is 5.78 Å². The number of carbonyl (C=O) groups excluding carboxylic acids is 2. The van der Waals surface area contributed by atoms with Gasteiger partial charge in [-0.2, -0.15) is 0 Å². The van der Waals surface area contributed by atoms with Crippen molar-refractivity contribution in [3.8, 4) is 11.1 Å². The standard InChI is InChI=1S/C41H45N5O6/c1-24-28(15-38(47)36-16-33(26-11-12-26)29(18-42-36)20-45(3)22-39(48)49)7-5-8-31(24)32-9-6-10-35(25(32)2)44-41(52)37-17-34(27-13-14-27)30(19-43-37)21-46(4)23-40(50)51/h5-10,16-19,26-27H,11-15,20-23H2,1-4H3,(H,44,52)(H,48,49)(H,50,51). The molecule has 0 aliphatic heterocycles. The van der Waals surface area contributed by atoms with Crippen molar-refractivity contribution >= 4 is 29.3 Å².